The van der Waals surface area contributed by atoms with E-state index in [4.69, 9.17) is 5.73 Å². The van der Waals surface area contributed by atoms with E-state index < -0.39 is 0 Å². The molecular formula is C14H30N2. The summed E-state index contributed by atoms with van der Waals surface area (Å²) in [4.78, 5) is 2.72. The third-order valence-corrected chi connectivity index (χ3v) is 3.93. The zero-order valence-corrected chi connectivity index (χ0v) is 11.3. The zero-order valence-electron chi connectivity index (χ0n) is 11.3. The molecule has 96 valence electrons. The van der Waals surface area contributed by atoms with Gasteiger partial charge in [-0.3, -0.25) is 4.90 Å². The second kappa shape index (κ2) is 8.08. The Morgan fingerprint density at radius 1 is 1.25 bits per heavy atom. The predicted molar refractivity (Wildman–Crippen MR) is 71.6 cm³/mol. The van der Waals surface area contributed by atoms with Gasteiger partial charge in [-0.15, -0.1) is 0 Å². The lowest BCUT2D eigenvalue weighted by atomic mass is 9.94. The average Bonchev–Trinajstić information content (AvgIpc) is 2.32. The first kappa shape index (κ1) is 14.0. The van der Waals surface area contributed by atoms with E-state index in [1.807, 2.05) is 0 Å². The monoisotopic (exact) mass is 226 g/mol. The number of nitrogens with zero attached hydrogens (tertiary/aromatic N) is 1. The van der Waals surface area contributed by atoms with Crippen LogP contribution >= 0.6 is 0 Å². The van der Waals surface area contributed by atoms with Gasteiger partial charge in [-0.05, 0) is 32.2 Å². The van der Waals surface area contributed by atoms with Crippen molar-refractivity contribution in [2.45, 2.75) is 77.3 Å². The summed E-state index contributed by atoms with van der Waals surface area (Å²) >= 11 is 0. The number of hydrogen-bond acceptors (Lipinski definition) is 2. The lowest BCUT2D eigenvalue weighted by Crippen LogP contribution is -2.49. The number of piperidine rings is 1. The molecule has 0 amide bonds. The molecule has 16 heavy (non-hydrogen) atoms. The van der Waals surface area contributed by atoms with Gasteiger partial charge < -0.3 is 5.73 Å². The van der Waals surface area contributed by atoms with Gasteiger partial charge in [0.15, 0.2) is 0 Å². The van der Waals surface area contributed by atoms with E-state index in [1.54, 1.807) is 0 Å². The highest BCUT2D eigenvalue weighted by Gasteiger charge is 2.26. The molecule has 0 aliphatic carbocycles. The molecule has 0 aromatic rings. The van der Waals surface area contributed by atoms with Crippen LogP contribution in [0, 0.1) is 0 Å². The zero-order chi connectivity index (χ0) is 11.8. The maximum absolute atomic E-state index is 5.96. The van der Waals surface area contributed by atoms with Crippen molar-refractivity contribution >= 4 is 0 Å². The Labute approximate surface area is 102 Å². The highest BCUT2D eigenvalue weighted by Crippen LogP contribution is 2.24. The Morgan fingerprint density at radius 3 is 2.69 bits per heavy atom. The summed E-state index contributed by atoms with van der Waals surface area (Å²) in [5.41, 5.74) is 5.96. The van der Waals surface area contributed by atoms with E-state index in [0.29, 0.717) is 6.04 Å². The van der Waals surface area contributed by atoms with Crippen LogP contribution in [0.3, 0.4) is 0 Å². The quantitative estimate of drug-likeness (QED) is 0.722. The molecule has 1 aliphatic heterocycles. The number of hydrogen-bond donors (Lipinski definition) is 1. The maximum Gasteiger partial charge on any atom is 0.0221 e. The molecule has 1 heterocycles. The maximum atomic E-state index is 5.96. The Balaban J connectivity index is 2.49. The van der Waals surface area contributed by atoms with Gasteiger partial charge in [0.1, 0.15) is 0 Å². The highest BCUT2D eigenvalue weighted by molar-refractivity contribution is 4.83. The first-order chi connectivity index (χ1) is 7.83. The summed E-state index contributed by atoms with van der Waals surface area (Å²) in [5.74, 6) is 0. The van der Waals surface area contributed by atoms with Crippen LogP contribution < -0.4 is 5.73 Å². The summed E-state index contributed by atoms with van der Waals surface area (Å²) in [6.45, 7) is 6.71. The molecular weight excluding hydrogens is 196 g/mol. The summed E-state index contributed by atoms with van der Waals surface area (Å²) in [5, 5.41) is 0. The van der Waals surface area contributed by atoms with Crippen molar-refractivity contribution < 1.29 is 0 Å². The molecule has 2 nitrogen and oxygen atoms in total. The second-order valence-electron chi connectivity index (χ2n) is 5.21. The number of nitrogens with two attached hydrogens (primary N) is 1. The lowest BCUT2D eigenvalue weighted by molar-refractivity contribution is 0.0856. The fraction of sp³-hybridized carbons (Fsp3) is 1.00. The van der Waals surface area contributed by atoms with E-state index >= 15 is 0 Å². The van der Waals surface area contributed by atoms with Gasteiger partial charge in [0.2, 0.25) is 0 Å². The first-order valence-corrected chi connectivity index (χ1v) is 7.29. The summed E-state index contributed by atoms with van der Waals surface area (Å²) in [6, 6.07) is 1.47. The van der Waals surface area contributed by atoms with Gasteiger partial charge in [-0.1, -0.05) is 39.5 Å². The van der Waals surface area contributed by atoms with E-state index in [9.17, 15) is 0 Å². The number of unbranched alkanes of at least 4 members (excludes halogenated alkanes) is 1. The first-order valence-electron chi connectivity index (χ1n) is 7.29. The van der Waals surface area contributed by atoms with Crippen molar-refractivity contribution in [1.82, 2.24) is 4.90 Å². The average molecular weight is 226 g/mol. The molecule has 2 N–H and O–H groups in total. The predicted octanol–water partition coefficient (Wildman–Crippen LogP) is 3.16. The molecule has 2 unspecified atom stereocenters. The minimum absolute atomic E-state index is 0.650. The molecule has 0 aromatic heterocycles. The van der Waals surface area contributed by atoms with Crippen LogP contribution in [-0.2, 0) is 0 Å². The van der Waals surface area contributed by atoms with Crippen molar-refractivity contribution in [3.8, 4) is 0 Å². The number of rotatable bonds is 7. The minimum atomic E-state index is 0.650. The van der Waals surface area contributed by atoms with Crippen molar-refractivity contribution in [1.29, 1.82) is 0 Å². The van der Waals surface area contributed by atoms with Gasteiger partial charge >= 0.3 is 0 Å². The van der Waals surface area contributed by atoms with Crippen LogP contribution in [0.5, 0.6) is 0 Å². The standard InChI is InChI=1S/C14H30N2/c1-3-5-9-14(12-15)16-11-7-6-10-13(16)8-4-2/h13-14H,3-12,15H2,1-2H3. The topological polar surface area (TPSA) is 29.3 Å². The molecule has 0 spiro atoms. The van der Waals surface area contributed by atoms with Crippen LogP contribution in [0.15, 0.2) is 0 Å². The van der Waals surface area contributed by atoms with E-state index in [1.165, 1.54) is 57.9 Å². The van der Waals surface area contributed by atoms with Gasteiger partial charge in [0, 0.05) is 18.6 Å². The van der Waals surface area contributed by atoms with Gasteiger partial charge in [-0.25, -0.2) is 0 Å². The van der Waals surface area contributed by atoms with Crippen LogP contribution in [0.25, 0.3) is 0 Å². The van der Waals surface area contributed by atoms with Crippen molar-refractivity contribution in [3.63, 3.8) is 0 Å². The molecule has 0 saturated carbocycles. The molecule has 1 aliphatic rings. The van der Waals surface area contributed by atoms with Crippen LogP contribution in [0.1, 0.15) is 65.2 Å². The van der Waals surface area contributed by atoms with Crippen molar-refractivity contribution in [2.24, 2.45) is 5.73 Å². The molecule has 0 aromatic carbocycles. The molecule has 2 heteroatoms. The third-order valence-electron chi connectivity index (χ3n) is 3.93. The summed E-state index contributed by atoms with van der Waals surface area (Å²) in [6.07, 6.45) is 10.8. The second-order valence-corrected chi connectivity index (χ2v) is 5.21. The van der Waals surface area contributed by atoms with E-state index in [0.717, 1.165) is 12.6 Å². The van der Waals surface area contributed by atoms with Crippen molar-refractivity contribution in [2.75, 3.05) is 13.1 Å². The molecule has 2 atom stereocenters. The molecule has 1 fully saturated rings. The lowest BCUT2D eigenvalue weighted by Gasteiger charge is -2.41. The molecule has 1 saturated heterocycles. The fourth-order valence-electron chi connectivity index (χ4n) is 3.01. The Kier molecular flexibility index (Phi) is 7.06. The highest BCUT2D eigenvalue weighted by atomic mass is 15.2. The molecule has 0 bridgehead atoms. The summed E-state index contributed by atoms with van der Waals surface area (Å²) in [7, 11) is 0. The van der Waals surface area contributed by atoms with Gasteiger partial charge in [0.25, 0.3) is 0 Å². The van der Waals surface area contributed by atoms with Crippen LogP contribution in [0.4, 0.5) is 0 Å². The molecule has 0 radical (unpaired) electrons. The summed E-state index contributed by atoms with van der Waals surface area (Å²) < 4.78 is 0. The number of likely N-dealkylation sites (tertiary alicyclic amines) is 1. The van der Waals surface area contributed by atoms with Gasteiger partial charge in [0.05, 0.1) is 0 Å². The normalized spacial score (nSPS) is 24.6. The Bertz CT molecular complexity index is 168. The fourth-order valence-corrected chi connectivity index (χ4v) is 3.01. The van der Waals surface area contributed by atoms with E-state index in [2.05, 4.69) is 18.7 Å². The van der Waals surface area contributed by atoms with Crippen LogP contribution in [-0.4, -0.2) is 30.1 Å². The SMILES string of the molecule is CCCCC(CN)N1CCCCC1CCC. The third kappa shape index (κ3) is 4.06. The largest absolute Gasteiger partial charge is 0.329 e. The smallest absolute Gasteiger partial charge is 0.0221 e. The van der Waals surface area contributed by atoms with Gasteiger partial charge in [-0.2, -0.15) is 0 Å². The minimum Gasteiger partial charge on any atom is -0.329 e. The molecule has 1 rings (SSSR count). The Hall–Kier alpha value is -0.0800. The van der Waals surface area contributed by atoms with E-state index in [-0.39, 0.29) is 0 Å². The Morgan fingerprint density at radius 2 is 2.06 bits per heavy atom. The van der Waals surface area contributed by atoms with Crippen LogP contribution in [0.2, 0.25) is 0 Å². The van der Waals surface area contributed by atoms with Crippen molar-refractivity contribution in [3.05, 3.63) is 0 Å².